The van der Waals surface area contributed by atoms with Crippen molar-refractivity contribution in [2.75, 3.05) is 31.4 Å². The minimum absolute atomic E-state index is 0.0331. The average molecular weight is 422 g/mol. The summed E-state index contributed by atoms with van der Waals surface area (Å²) in [6.07, 6.45) is -4.46. The van der Waals surface area contributed by atoms with E-state index in [2.05, 4.69) is 5.32 Å². The molecule has 7 nitrogen and oxygen atoms in total. The van der Waals surface area contributed by atoms with E-state index in [1.165, 1.54) is 9.80 Å². The normalized spacial score (nSPS) is 16.4. The molecular weight excluding hydrogens is 401 g/mol. The van der Waals surface area contributed by atoms with E-state index in [-0.39, 0.29) is 24.9 Å². The first-order chi connectivity index (χ1) is 14.1. The van der Waals surface area contributed by atoms with Gasteiger partial charge in [0.2, 0.25) is 5.91 Å². The van der Waals surface area contributed by atoms with E-state index in [1.54, 1.807) is 31.3 Å². The summed E-state index contributed by atoms with van der Waals surface area (Å²) in [5, 5.41) is 2.50. The summed E-state index contributed by atoms with van der Waals surface area (Å²) < 4.78 is 43.3. The first-order valence-electron chi connectivity index (χ1n) is 9.07. The number of nitrogens with one attached hydrogen (secondary N) is 1. The highest BCUT2D eigenvalue weighted by Gasteiger charge is 2.37. The number of urea groups is 1. The quantitative estimate of drug-likeness (QED) is 0.741. The first-order valence-corrected chi connectivity index (χ1v) is 9.07. The number of hydrogen-bond acceptors (Lipinski definition) is 4. The second-order valence-electron chi connectivity index (χ2n) is 6.93. The molecule has 1 heterocycles. The predicted molar refractivity (Wildman–Crippen MR) is 104 cm³/mol. The van der Waals surface area contributed by atoms with Gasteiger partial charge in [0.05, 0.1) is 12.2 Å². The molecule has 1 atom stereocenters. The number of alkyl halides is 3. The van der Waals surface area contributed by atoms with Crippen molar-refractivity contribution in [3.63, 3.8) is 0 Å². The Kier molecular flexibility index (Phi) is 6.16. The van der Waals surface area contributed by atoms with E-state index >= 15 is 0 Å². The zero-order chi connectivity index (χ0) is 21.9. The Hall–Kier alpha value is -3.27. The smallest absolute Gasteiger partial charge is 0.399 e. The molecule has 1 fully saturated rings. The minimum atomic E-state index is -4.46. The van der Waals surface area contributed by atoms with Crippen molar-refractivity contribution in [3.8, 4) is 0 Å². The number of carbonyl (C=O) groups is 2. The van der Waals surface area contributed by atoms with Crippen molar-refractivity contribution in [2.45, 2.75) is 18.8 Å². The van der Waals surface area contributed by atoms with E-state index in [0.717, 1.165) is 29.8 Å². The van der Waals surface area contributed by atoms with Gasteiger partial charge in [-0.15, -0.1) is 0 Å². The van der Waals surface area contributed by atoms with E-state index in [0.29, 0.717) is 12.2 Å². The van der Waals surface area contributed by atoms with Gasteiger partial charge in [0.15, 0.2) is 0 Å². The monoisotopic (exact) mass is 422 g/mol. The zero-order valence-corrected chi connectivity index (χ0v) is 16.1. The Bertz CT molecular complexity index is 901. The second-order valence-corrected chi connectivity index (χ2v) is 6.93. The third kappa shape index (κ3) is 5.01. The van der Waals surface area contributed by atoms with Gasteiger partial charge in [0.1, 0.15) is 12.8 Å². The van der Waals surface area contributed by atoms with Crippen LogP contribution in [0.4, 0.5) is 29.3 Å². The maximum Gasteiger partial charge on any atom is 0.416 e. The lowest BCUT2D eigenvalue weighted by atomic mass is 10.2. The van der Waals surface area contributed by atoms with Gasteiger partial charge in [-0.25, -0.2) is 4.79 Å². The summed E-state index contributed by atoms with van der Waals surface area (Å²) in [6, 6.07) is 9.66. The molecule has 1 aliphatic rings. The highest BCUT2D eigenvalue weighted by molar-refractivity contribution is 5.94. The number of rotatable bonds is 4. The third-order valence-electron chi connectivity index (χ3n) is 4.67. The molecule has 10 heteroatoms. The molecule has 0 aromatic heterocycles. The number of nitrogen functional groups attached to an aromatic ring is 1. The molecule has 0 radical (unpaired) electrons. The fourth-order valence-corrected chi connectivity index (χ4v) is 3.01. The van der Waals surface area contributed by atoms with E-state index < -0.39 is 23.8 Å². The molecule has 0 spiro atoms. The van der Waals surface area contributed by atoms with Gasteiger partial charge in [-0.05, 0) is 42.0 Å². The molecular formula is C20H21F3N4O3. The molecule has 1 aliphatic heterocycles. The number of halogens is 3. The van der Waals surface area contributed by atoms with Gasteiger partial charge in [-0.2, -0.15) is 13.2 Å². The molecule has 2 aromatic carbocycles. The van der Waals surface area contributed by atoms with Gasteiger partial charge in [0, 0.05) is 25.0 Å². The van der Waals surface area contributed by atoms with Gasteiger partial charge < -0.3 is 20.7 Å². The third-order valence-corrected chi connectivity index (χ3v) is 4.67. The number of hydrogen-bond donors (Lipinski definition) is 2. The second kappa shape index (κ2) is 8.62. The first kappa shape index (κ1) is 21.4. The van der Waals surface area contributed by atoms with Gasteiger partial charge in [-0.3, -0.25) is 9.69 Å². The summed E-state index contributed by atoms with van der Waals surface area (Å²) in [4.78, 5) is 28.1. The molecule has 1 unspecified atom stereocenters. The number of likely N-dealkylation sites (N-methyl/N-ethyl adjacent to an activating group) is 1. The van der Waals surface area contributed by atoms with E-state index in [4.69, 9.17) is 10.5 Å². The Morgan fingerprint density at radius 2 is 1.80 bits per heavy atom. The highest BCUT2D eigenvalue weighted by Crippen LogP contribution is 2.30. The molecule has 30 heavy (non-hydrogen) atoms. The predicted octanol–water partition coefficient (Wildman–Crippen LogP) is 3.14. The number of nitrogens with two attached hydrogens (primary N) is 1. The van der Waals surface area contributed by atoms with Crippen LogP contribution in [0, 0.1) is 0 Å². The topological polar surface area (TPSA) is 87.9 Å². The molecule has 1 saturated heterocycles. The number of benzene rings is 2. The molecule has 160 valence electrons. The van der Waals surface area contributed by atoms with Crippen molar-refractivity contribution in [1.82, 2.24) is 9.80 Å². The summed E-state index contributed by atoms with van der Waals surface area (Å²) in [6.45, 7) is 0.258. The van der Waals surface area contributed by atoms with Crippen LogP contribution in [0.5, 0.6) is 0 Å². The Balaban J connectivity index is 1.63. The zero-order valence-electron chi connectivity index (χ0n) is 16.1. The molecule has 3 rings (SSSR count). The highest BCUT2D eigenvalue weighted by atomic mass is 19.4. The lowest BCUT2D eigenvalue weighted by Gasteiger charge is -2.26. The van der Waals surface area contributed by atoms with Gasteiger partial charge in [-0.1, -0.05) is 12.1 Å². The fraction of sp³-hybridized carbons (Fsp3) is 0.300. The van der Waals surface area contributed by atoms with Crippen molar-refractivity contribution in [2.24, 2.45) is 0 Å². The van der Waals surface area contributed by atoms with Crippen LogP contribution in [0.1, 0.15) is 11.1 Å². The van der Waals surface area contributed by atoms with Crippen molar-refractivity contribution in [1.29, 1.82) is 0 Å². The lowest BCUT2D eigenvalue weighted by molar-refractivity contribution is -0.137. The lowest BCUT2D eigenvalue weighted by Crippen LogP contribution is -2.48. The molecule has 0 aliphatic carbocycles. The summed E-state index contributed by atoms with van der Waals surface area (Å²) >= 11 is 0. The van der Waals surface area contributed by atoms with Crippen LogP contribution in [0.25, 0.3) is 0 Å². The van der Waals surface area contributed by atoms with E-state index in [1.807, 2.05) is 0 Å². The maximum absolute atomic E-state index is 12.8. The van der Waals surface area contributed by atoms with Crippen molar-refractivity contribution < 1.29 is 27.5 Å². The average Bonchev–Trinajstić information content (AvgIpc) is 3.19. The standard InChI is InChI=1S/C20H21F3N4O3/c1-26(10-13-2-6-15(24)7-3-13)18(28)17-11-30-12-27(17)19(29)25-16-8-4-14(5-9-16)20(21,22)23/h2-9,17H,10-12,24H2,1H3,(H,25,29). The molecule has 3 amide bonds. The van der Waals surface area contributed by atoms with Crippen molar-refractivity contribution >= 4 is 23.3 Å². The van der Waals surface area contributed by atoms with Crippen LogP contribution in [-0.2, 0) is 22.3 Å². The van der Waals surface area contributed by atoms with Crippen LogP contribution in [0.3, 0.4) is 0 Å². The summed E-state index contributed by atoms with van der Waals surface area (Å²) in [5.74, 6) is -0.313. The molecule has 3 N–H and O–H groups in total. The van der Waals surface area contributed by atoms with Crippen molar-refractivity contribution in [3.05, 3.63) is 59.7 Å². The van der Waals surface area contributed by atoms with Gasteiger partial charge >= 0.3 is 12.2 Å². The number of anilines is 2. The van der Waals surface area contributed by atoms with Crippen LogP contribution in [0.2, 0.25) is 0 Å². The Morgan fingerprint density at radius 3 is 2.40 bits per heavy atom. The Morgan fingerprint density at radius 1 is 1.17 bits per heavy atom. The summed E-state index contributed by atoms with van der Waals surface area (Å²) in [5.41, 5.74) is 6.51. The van der Waals surface area contributed by atoms with Crippen LogP contribution in [-0.4, -0.2) is 48.2 Å². The molecule has 0 saturated carbocycles. The largest absolute Gasteiger partial charge is 0.416 e. The maximum atomic E-state index is 12.8. The number of nitrogens with zero attached hydrogens (tertiary/aromatic N) is 2. The summed E-state index contributed by atoms with van der Waals surface area (Å²) in [7, 11) is 1.61. The van der Waals surface area contributed by atoms with Crippen LogP contribution in [0.15, 0.2) is 48.5 Å². The minimum Gasteiger partial charge on any atom is -0.399 e. The fourth-order valence-electron chi connectivity index (χ4n) is 3.01. The van der Waals surface area contributed by atoms with Gasteiger partial charge in [0.25, 0.3) is 0 Å². The number of carbonyl (C=O) groups excluding carboxylic acids is 2. The Labute approximate surface area is 171 Å². The number of ether oxygens (including phenoxy) is 1. The molecule has 2 aromatic rings. The number of amides is 3. The van der Waals surface area contributed by atoms with E-state index in [9.17, 15) is 22.8 Å². The molecule has 0 bridgehead atoms. The van der Waals surface area contributed by atoms with Crippen LogP contribution < -0.4 is 11.1 Å². The van der Waals surface area contributed by atoms with Crippen LogP contribution >= 0.6 is 0 Å². The SMILES string of the molecule is CN(Cc1ccc(N)cc1)C(=O)C1COCN1C(=O)Nc1ccc(C(F)(F)F)cc1.